The lowest BCUT2D eigenvalue weighted by Crippen LogP contribution is -1.97. The Morgan fingerprint density at radius 2 is 1.63 bits per heavy atom. The molecule has 0 aliphatic carbocycles. The molecule has 4 aromatic rings. The molecule has 3 N–H and O–H groups in total. The second kappa shape index (κ2) is 7.02. The van der Waals surface area contributed by atoms with Crippen LogP contribution in [-0.2, 0) is 0 Å². The van der Waals surface area contributed by atoms with E-state index in [-0.39, 0.29) is 5.02 Å². The Balaban J connectivity index is 1.79. The van der Waals surface area contributed by atoms with Crippen molar-refractivity contribution < 1.29 is 4.39 Å². The van der Waals surface area contributed by atoms with Crippen LogP contribution in [0.3, 0.4) is 0 Å². The third-order valence-electron chi connectivity index (χ3n) is 4.15. The second-order valence-corrected chi connectivity index (χ2v) is 6.76. The zero-order chi connectivity index (χ0) is 19.0. The van der Waals surface area contributed by atoms with Gasteiger partial charge in [0.2, 0.25) is 0 Å². The topological polar surface area (TPSA) is 63.8 Å². The highest BCUT2D eigenvalue weighted by atomic mass is 35.5. The van der Waals surface area contributed by atoms with Crippen LogP contribution in [0.2, 0.25) is 10.0 Å². The van der Waals surface area contributed by atoms with Crippen molar-refractivity contribution in [2.75, 3.05) is 11.1 Å². The highest BCUT2D eigenvalue weighted by Crippen LogP contribution is 2.31. The highest BCUT2D eigenvalue weighted by Gasteiger charge is 2.09. The van der Waals surface area contributed by atoms with Gasteiger partial charge in [-0.3, -0.25) is 0 Å². The first-order valence-electron chi connectivity index (χ1n) is 8.03. The Kier molecular flexibility index (Phi) is 4.56. The van der Waals surface area contributed by atoms with E-state index in [9.17, 15) is 4.39 Å². The van der Waals surface area contributed by atoms with Crippen LogP contribution < -0.4 is 11.1 Å². The molecule has 0 fully saturated rings. The quantitative estimate of drug-likeness (QED) is 0.411. The minimum absolute atomic E-state index is 0.0377. The maximum Gasteiger partial charge on any atom is 0.141 e. The van der Waals surface area contributed by atoms with E-state index >= 15 is 0 Å². The fourth-order valence-corrected chi connectivity index (χ4v) is 3.07. The Hall–Kier alpha value is -2.89. The van der Waals surface area contributed by atoms with Crippen molar-refractivity contribution in [3.8, 4) is 11.1 Å². The predicted molar refractivity (Wildman–Crippen MR) is 109 cm³/mol. The van der Waals surface area contributed by atoms with E-state index < -0.39 is 5.82 Å². The number of nitrogens with one attached hydrogen (secondary N) is 1. The summed E-state index contributed by atoms with van der Waals surface area (Å²) in [6.45, 7) is 0. The molecule has 0 atom stereocenters. The van der Waals surface area contributed by atoms with Crippen molar-refractivity contribution in [3.05, 3.63) is 76.8 Å². The Labute approximate surface area is 164 Å². The molecule has 0 aliphatic heterocycles. The van der Waals surface area contributed by atoms with Gasteiger partial charge in [0.1, 0.15) is 18.0 Å². The van der Waals surface area contributed by atoms with Gasteiger partial charge >= 0.3 is 0 Å². The first kappa shape index (κ1) is 17.5. The Morgan fingerprint density at radius 3 is 2.41 bits per heavy atom. The number of benzene rings is 3. The monoisotopic (exact) mass is 398 g/mol. The van der Waals surface area contributed by atoms with Gasteiger partial charge in [0.25, 0.3) is 0 Å². The standard InChI is InChI=1S/C20H13Cl2FN4/c21-15-4-1-12(8-18(15)24)11-2-6-19-14(7-11)20(26-10-25-19)27-13-3-5-17(23)16(22)9-13/h1-10H,24H2,(H,25,26,27). The first-order chi connectivity index (χ1) is 13.0. The Bertz CT molecular complexity index is 1160. The number of aromatic nitrogens is 2. The third kappa shape index (κ3) is 3.52. The number of anilines is 3. The van der Waals surface area contributed by atoms with E-state index in [1.807, 2.05) is 30.3 Å². The first-order valence-corrected chi connectivity index (χ1v) is 8.79. The largest absolute Gasteiger partial charge is 0.398 e. The van der Waals surface area contributed by atoms with Crippen molar-refractivity contribution in [2.24, 2.45) is 0 Å². The van der Waals surface area contributed by atoms with E-state index in [4.69, 9.17) is 28.9 Å². The van der Waals surface area contributed by atoms with E-state index in [0.29, 0.717) is 22.2 Å². The highest BCUT2D eigenvalue weighted by molar-refractivity contribution is 6.33. The van der Waals surface area contributed by atoms with E-state index in [1.165, 1.54) is 18.5 Å². The number of fused-ring (bicyclic) bond motifs is 1. The fourth-order valence-electron chi connectivity index (χ4n) is 2.77. The SMILES string of the molecule is Nc1cc(-c2ccc3ncnc(Nc4ccc(F)c(Cl)c4)c3c2)ccc1Cl. The summed E-state index contributed by atoms with van der Waals surface area (Å²) < 4.78 is 13.4. The fraction of sp³-hybridized carbons (Fsp3) is 0. The molecule has 0 bridgehead atoms. The van der Waals surface area contributed by atoms with Crippen molar-refractivity contribution in [1.29, 1.82) is 0 Å². The normalized spacial score (nSPS) is 10.9. The smallest absolute Gasteiger partial charge is 0.141 e. The second-order valence-electron chi connectivity index (χ2n) is 5.94. The van der Waals surface area contributed by atoms with Crippen LogP contribution in [0.5, 0.6) is 0 Å². The van der Waals surface area contributed by atoms with Crippen LogP contribution in [0.4, 0.5) is 21.6 Å². The van der Waals surface area contributed by atoms with E-state index in [1.54, 1.807) is 12.1 Å². The maximum atomic E-state index is 13.4. The molecule has 0 unspecified atom stereocenters. The van der Waals surface area contributed by atoms with Gasteiger partial charge in [0.05, 0.1) is 21.2 Å². The number of rotatable bonds is 3. The maximum absolute atomic E-state index is 13.4. The molecule has 3 aromatic carbocycles. The van der Waals surface area contributed by atoms with Crippen molar-refractivity contribution >= 4 is 51.3 Å². The number of nitrogens with two attached hydrogens (primary N) is 1. The number of hydrogen-bond acceptors (Lipinski definition) is 4. The minimum atomic E-state index is -0.475. The van der Waals surface area contributed by atoms with Crippen LogP contribution in [0, 0.1) is 5.82 Å². The summed E-state index contributed by atoms with van der Waals surface area (Å²) >= 11 is 11.9. The van der Waals surface area contributed by atoms with Crippen LogP contribution in [0.25, 0.3) is 22.0 Å². The minimum Gasteiger partial charge on any atom is -0.398 e. The Morgan fingerprint density at radius 1 is 0.852 bits per heavy atom. The molecular formula is C20H13Cl2FN4. The average Bonchev–Trinajstić information content (AvgIpc) is 2.67. The summed E-state index contributed by atoms with van der Waals surface area (Å²) in [6, 6.07) is 15.7. The number of hydrogen-bond donors (Lipinski definition) is 2. The summed E-state index contributed by atoms with van der Waals surface area (Å²) in [5.41, 5.74) is 9.70. The van der Waals surface area contributed by atoms with Crippen molar-refractivity contribution in [3.63, 3.8) is 0 Å². The number of nitrogen functional groups attached to an aromatic ring is 1. The van der Waals surface area contributed by atoms with Gasteiger partial charge in [0.15, 0.2) is 0 Å². The summed E-state index contributed by atoms with van der Waals surface area (Å²) in [4.78, 5) is 8.61. The zero-order valence-electron chi connectivity index (χ0n) is 13.9. The van der Waals surface area contributed by atoms with Gasteiger partial charge in [-0.05, 0) is 53.6 Å². The average molecular weight is 399 g/mol. The number of halogens is 3. The van der Waals surface area contributed by atoms with Gasteiger partial charge in [0, 0.05) is 11.1 Å². The molecule has 27 heavy (non-hydrogen) atoms. The van der Waals surface area contributed by atoms with Gasteiger partial charge in [-0.25, -0.2) is 14.4 Å². The van der Waals surface area contributed by atoms with Crippen LogP contribution >= 0.6 is 23.2 Å². The van der Waals surface area contributed by atoms with Crippen molar-refractivity contribution in [1.82, 2.24) is 9.97 Å². The summed E-state index contributed by atoms with van der Waals surface area (Å²) in [5.74, 6) is 0.115. The molecule has 0 saturated carbocycles. The number of nitrogens with zero attached hydrogens (tertiary/aromatic N) is 2. The molecule has 7 heteroatoms. The zero-order valence-corrected chi connectivity index (χ0v) is 15.4. The van der Waals surface area contributed by atoms with Gasteiger partial charge in [-0.1, -0.05) is 35.3 Å². The molecule has 4 rings (SSSR count). The van der Waals surface area contributed by atoms with Crippen LogP contribution in [0.1, 0.15) is 0 Å². The molecule has 1 heterocycles. The molecule has 0 saturated heterocycles. The van der Waals surface area contributed by atoms with Gasteiger partial charge in [-0.15, -0.1) is 0 Å². The molecular weight excluding hydrogens is 386 g/mol. The van der Waals surface area contributed by atoms with E-state index in [0.717, 1.165) is 22.0 Å². The molecule has 0 radical (unpaired) electrons. The van der Waals surface area contributed by atoms with Gasteiger partial charge < -0.3 is 11.1 Å². The van der Waals surface area contributed by atoms with Gasteiger partial charge in [-0.2, -0.15) is 0 Å². The lowest BCUT2D eigenvalue weighted by atomic mass is 10.0. The molecule has 0 amide bonds. The summed E-state index contributed by atoms with van der Waals surface area (Å²) in [5, 5.41) is 4.53. The molecule has 0 spiro atoms. The summed E-state index contributed by atoms with van der Waals surface area (Å²) in [6.07, 6.45) is 1.47. The molecule has 4 nitrogen and oxygen atoms in total. The lowest BCUT2D eigenvalue weighted by molar-refractivity contribution is 0.628. The summed E-state index contributed by atoms with van der Waals surface area (Å²) in [7, 11) is 0. The van der Waals surface area contributed by atoms with Crippen molar-refractivity contribution in [2.45, 2.75) is 0 Å². The predicted octanol–water partition coefficient (Wildman–Crippen LogP) is 6.07. The molecule has 0 aliphatic rings. The van der Waals surface area contributed by atoms with Crippen LogP contribution in [-0.4, -0.2) is 9.97 Å². The van der Waals surface area contributed by atoms with Crippen LogP contribution in [0.15, 0.2) is 60.9 Å². The molecule has 134 valence electrons. The molecule has 1 aromatic heterocycles. The van der Waals surface area contributed by atoms with E-state index in [2.05, 4.69) is 15.3 Å². The lowest BCUT2D eigenvalue weighted by Gasteiger charge is -2.11. The third-order valence-corrected chi connectivity index (χ3v) is 4.78.